The Morgan fingerprint density at radius 1 is 1.03 bits per heavy atom. The van der Waals surface area contributed by atoms with Gasteiger partial charge in [-0.15, -0.1) is 24.8 Å². The summed E-state index contributed by atoms with van der Waals surface area (Å²) in [6, 6.07) is -0.0462. The van der Waals surface area contributed by atoms with Crippen molar-refractivity contribution in [1.29, 1.82) is 0 Å². The quantitative estimate of drug-likeness (QED) is 0.433. The molecule has 0 aromatic rings. The number of rotatable bonds is 10. The number of nitrogens with one attached hydrogen (secondary N) is 2. The van der Waals surface area contributed by atoms with Crippen LogP contribution in [0.1, 0.15) is 66.2 Å². The highest BCUT2D eigenvalue weighted by atomic mass is 35.5. The van der Waals surface area contributed by atoms with E-state index in [1.165, 1.54) is 0 Å². The summed E-state index contributed by atoms with van der Waals surface area (Å²) in [5, 5.41) is 5.52. The number of nitrogens with zero attached hydrogens (tertiary/aromatic N) is 1. The average Bonchev–Trinajstić information content (AvgIpc) is 2.61. The van der Waals surface area contributed by atoms with Crippen molar-refractivity contribution in [3.63, 3.8) is 0 Å². The molecule has 0 aliphatic carbocycles. The minimum absolute atomic E-state index is 0. The smallest absolute Gasteiger partial charge is 0.408 e. The summed E-state index contributed by atoms with van der Waals surface area (Å²) >= 11 is 0. The van der Waals surface area contributed by atoms with Gasteiger partial charge >= 0.3 is 12.2 Å². The van der Waals surface area contributed by atoms with Crippen molar-refractivity contribution in [2.75, 3.05) is 19.6 Å². The lowest BCUT2D eigenvalue weighted by molar-refractivity contribution is -0.0750. The van der Waals surface area contributed by atoms with Crippen LogP contribution in [0.4, 0.5) is 9.59 Å². The normalized spacial score (nSPS) is 21.0. The number of carbonyl (C=O) groups excluding carboxylic acids is 2. The number of amides is 2. The van der Waals surface area contributed by atoms with Crippen LogP contribution in [0.15, 0.2) is 0 Å². The van der Waals surface area contributed by atoms with E-state index in [1.807, 2.05) is 13.8 Å². The number of carbonyl (C=O) groups is 2. The van der Waals surface area contributed by atoms with Gasteiger partial charge in [0, 0.05) is 25.7 Å². The molecule has 0 spiro atoms. The summed E-state index contributed by atoms with van der Waals surface area (Å²) in [6.45, 7) is 9.75. The lowest BCUT2D eigenvalue weighted by Gasteiger charge is -2.43. The number of alkyl carbamates (subject to hydrolysis) is 2. The molecule has 2 amide bonds. The molecule has 0 aromatic heterocycles. The Morgan fingerprint density at radius 2 is 1.55 bits per heavy atom. The molecular formula is C19H40Cl2N4O4. The number of unbranched alkanes of at least 4 members (excludes halogenated alkanes) is 2. The molecule has 1 aliphatic rings. The monoisotopic (exact) mass is 458 g/mol. The summed E-state index contributed by atoms with van der Waals surface area (Å²) in [5.41, 5.74) is 6.13. The van der Waals surface area contributed by atoms with Crippen LogP contribution in [0.25, 0.3) is 0 Å². The number of hydrogen-bond donors (Lipinski definition) is 3. The second-order valence-electron chi connectivity index (χ2n) is 7.27. The Balaban J connectivity index is 0. The topological polar surface area (TPSA) is 106 Å². The predicted molar refractivity (Wildman–Crippen MR) is 120 cm³/mol. The van der Waals surface area contributed by atoms with E-state index in [1.54, 1.807) is 0 Å². The van der Waals surface area contributed by atoms with E-state index < -0.39 is 18.4 Å². The molecule has 1 aliphatic heterocycles. The lowest BCUT2D eigenvalue weighted by Crippen LogP contribution is -2.57. The largest absolute Gasteiger partial charge is 0.445 e. The Morgan fingerprint density at radius 3 is 2.07 bits per heavy atom. The average molecular weight is 459 g/mol. The van der Waals surface area contributed by atoms with Gasteiger partial charge in [-0.05, 0) is 39.5 Å². The Labute approximate surface area is 187 Å². The molecule has 4 N–H and O–H groups in total. The first kappa shape index (κ1) is 30.2. The lowest BCUT2D eigenvalue weighted by atomic mass is 9.94. The number of piperidine rings is 1. The van der Waals surface area contributed by atoms with Crippen LogP contribution < -0.4 is 16.4 Å². The van der Waals surface area contributed by atoms with Crippen LogP contribution in [-0.4, -0.2) is 61.1 Å². The van der Waals surface area contributed by atoms with Crippen LogP contribution >= 0.6 is 24.8 Å². The first-order valence-corrected chi connectivity index (χ1v) is 10.3. The maximum Gasteiger partial charge on any atom is 0.408 e. The fourth-order valence-electron chi connectivity index (χ4n) is 3.24. The third kappa shape index (κ3) is 11.7. The van der Waals surface area contributed by atoms with Crippen molar-refractivity contribution in [2.24, 2.45) is 5.73 Å². The van der Waals surface area contributed by atoms with Crippen molar-refractivity contribution >= 4 is 37.0 Å². The third-order valence-electron chi connectivity index (χ3n) is 4.91. The first-order valence-electron chi connectivity index (χ1n) is 10.3. The van der Waals surface area contributed by atoms with Gasteiger partial charge < -0.3 is 25.8 Å². The number of nitrogens with two attached hydrogens (primary N) is 1. The molecule has 0 radical (unpaired) electrons. The summed E-state index contributed by atoms with van der Waals surface area (Å²) in [5.74, 6) is 0. The molecule has 0 saturated carbocycles. The zero-order valence-electron chi connectivity index (χ0n) is 18.1. The molecule has 4 unspecified atom stereocenters. The summed E-state index contributed by atoms with van der Waals surface area (Å²) in [6.07, 6.45) is 3.76. The molecule has 1 saturated heterocycles. The van der Waals surface area contributed by atoms with Crippen molar-refractivity contribution in [3.05, 3.63) is 0 Å². The molecule has 29 heavy (non-hydrogen) atoms. The van der Waals surface area contributed by atoms with Gasteiger partial charge in [-0.1, -0.05) is 26.7 Å². The Hall–Kier alpha value is -0.960. The second kappa shape index (κ2) is 16.8. The van der Waals surface area contributed by atoms with E-state index in [0.717, 1.165) is 32.1 Å². The van der Waals surface area contributed by atoms with E-state index in [4.69, 9.17) is 15.2 Å². The van der Waals surface area contributed by atoms with Crippen LogP contribution in [-0.2, 0) is 9.47 Å². The van der Waals surface area contributed by atoms with Gasteiger partial charge in [-0.3, -0.25) is 4.90 Å². The zero-order valence-corrected chi connectivity index (χ0v) is 19.8. The SMILES string of the molecule is CCCCNC(=O)OC(C)C1CC(N)CCN1C(C)OC(=O)NCCCC.Cl.Cl. The fourth-order valence-corrected chi connectivity index (χ4v) is 3.24. The van der Waals surface area contributed by atoms with Gasteiger partial charge in [0.1, 0.15) is 6.10 Å². The molecule has 1 rings (SSSR count). The summed E-state index contributed by atoms with van der Waals surface area (Å²) < 4.78 is 11.1. The number of hydrogen-bond acceptors (Lipinski definition) is 6. The molecule has 0 aromatic carbocycles. The molecule has 1 heterocycles. The van der Waals surface area contributed by atoms with Crippen molar-refractivity contribution in [2.45, 2.75) is 90.6 Å². The minimum atomic E-state index is -0.421. The highest BCUT2D eigenvalue weighted by Crippen LogP contribution is 2.24. The maximum absolute atomic E-state index is 12.0. The highest BCUT2D eigenvalue weighted by molar-refractivity contribution is 5.85. The first-order chi connectivity index (χ1) is 12.9. The Bertz CT molecular complexity index is 460. The number of halogens is 2. The molecule has 8 nitrogen and oxygen atoms in total. The van der Waals surface area contributed by atoms with Gasteiger partial charge in [0.05, 0.1) is 6.04 Å². The summed E-state index contributed by atoms with van der Waals surface area (Å²) in [7, 11) is 0. The van der Waals surface area contributed by atoms with Crippen LogP contribution in [0.3, 0.4) is 0 Å². The third-order valence-corrected chi connectivity index (χ3v) is 4.91. The van der Waals surface area contributed by atoms with Gasteiger partial charge in [0.25, 0.3) is 0 Å². The van der Waals surface area contributed by atoms with Crippen LogP contribution in [0.2, 0.25) is 0 Å². The van der Waals surface area contributed by atoms with Crippen molar-refractivity contribution < 1.29 is 19.1 Å². The molecule has 174 valence electrons. The fraction of sp³-hybridized carbons (Fsp3) is 0.895. The van der Waals surface area contributed by atoms with E-state index in [0.29, 0.717) is 26.1 Å². The highest BCUT2D eigenvalue weighted by Gasteiger charge is 2.36. The molecular weight excluding hydrogens is 419 g/mol. The number of likely N-dealkylation sites (tertiary alicyclic amines) is 1. The van der Waals surface area contributed by atoms with Crippen molar-refractivity contribution in [3.8, 4) is 0 Å². The molecule has 0 bridgehead atoms. The van der Waals surface area contributed by atoms with Gasteiger partial charge in [0.2, 0.25) is 0 Å². The standard InChI is InChI=1S/C19H38N4O4.2ClH/c1-5-7-10-21-18(24)26-14(3)17-13-16(20)9-12-23(17)15(4)27-19(25)22-11-8-6-2;;/h14-17H,5-13,20H2,1-4H3,(H,21,24)(H,22,25);2*1H. The predicted octanol–water partition coefficient (Wildman–Crippen LogP) is 3.41. The van der Waals surface area contributed by atoms with E-state index in [-0.39, 0.29) is 43.0 Å². The summed E-state index contributed by atoms with van der Waals surface area (Å²) in [4.78, 5) is 26.0. The second-order valence-corrected chi connectivity index (χ2v) is 7.27. The van der Waals surface area contributed by atoms with Gasteiger partial charge in [-0.2, -0.15) is 0 Å². The van der Waals surface area contributed by atoms with Crippen LogP contribution in [0.5, 0.6) is 0 Å². The number of ether oxygens (including phenoxy) is 2. The van der Waals surface area contributed by atoms with E-state index >= 15 is 0 Å². The van der Waals surface area contributed by atoms with Crippen molar-refractivity contribution in [1.82, 2.24) is 15.5 Å². The molecule has 1 fully saturated rings. The maximum atomic E-state index is 12.0. The Kier molecular flexibility index (Phi) is 17.5. The molecule has 10 heteroatoms. The molecule has 4 atom stereocenters. The van der Waals surface area contributed by atoms with Crippen LogP contribution in [0, 0.1) is 0 Å². The van der Waals surface area contributed by atoms with Gasteiger partial charge in [-0.25, -0.2) is 9.59 Å². The zero-order chi connectivity index (χ0) is 20.2. The van der Waals surface area contributed by atoms with Gasteiger partial charge in [0.15, 0.2) is 6.23 Å². The van der Waals surface area contributed by atoms with E-state index in [2.05, 4.69) is 29.4 Å². The van der Waals surface area contributed by atoms with E-state index in [9.17, 15) is 9.59 Å². The minimum Gasteiger partial charge on any atom is -0.445 e.